The van der Waals surface area contributed by atoms with Gasteiger partial charge in [0.15, 0.2) is 11.4 Å². The number of benzene rings is 2. The number of alkyl halides is 6. The Morgan fingerprint density at radius 3 is 1.64 bits per heavy atom. The molecule has 0 atom stereocenters. The zero-order valence-corrected chi connectivity index (χ0v) is 26.5. The lowest BCUT2D eigenvalue weighted by atomic mass is 10.2. The molecule has 0 aliphatic rings. The number of hydrogen-bond acceptors (Lipinski definition) is 5. The Morgan fingerprint density at radius 2 is 1.25 bits per heavy atom. The summed E-state index contributed by atoms with van der Waals surface area (Å²) in [4.78, 5) is 22.5. The minimum atomic E-state index is -4.74. The first-order chi connectivity index (χ1) is 19.7. The SMILES string of the molecule is Cn1cc(C(=O)Cl)c(C(F)(F)F)n1.Cn1cc(C(=O)Nc2ccc(F)cc2Br)c(C(F)(F)F)n1.Nc1ccc(F)cc1Br.[Cl-]. The Morgan fingerprint density at radius 1 is 0.818 bits per heavy atom. The van der Waals surface area contributed by atoms with E-state index < -0.39 is 51.8 Å². The molecule has 0 radical (unpaired) electrons. The molecule has 2 heterocycles. The zero-order chi connectivity index (χ0) is 32.9. The molecule has 0 unspecified atom stereocenters. The Kier molecular flexibility index (Phi) is 13.8. The largest absolute Gasteiger partial charge is 1.00 e. The Labute approximate surface area is 271 Å². The van der Waals surface area contributed by atoms with E-state index in [1.165, 1.54) is 38.4 Å². The molecule has 4 aromatic rings. The van der Waals surface area contributed by atoms with Crippen molar-refractivity contribution in [2.75, 3.05) is 11.1 Å². The number of hydrogen-bond donors (Lipinski definition) is 2. The lowest BCUT2D eigenvalue weighted by Crippen LogP contribution is -3.00. The number of nitrogens with one attached hydrogen (secondary N) is 1. The van der Waals surface area contributed by atoms with Crippen LogP contribution in [0.25, 0.3) is 0 Å². The molecule has 2 aromatic heterocycles. The van der Waals surface area contributed by atoms with E-state index >= 15 is 0 Å². The van der Waals surface area contributed by atoms with Gasteiger partial charge in [0.1, 0.15) is 11.6 Å². The molecule has 0 aliphatic heterocycles. The third-order valence-electron chi connectivity index (χ3n) is 4.79. The lowest BCUT2D eigenvalue weighted by molar-refractivity contribution is -0.142. The molecule has 3 N–H and O–H groups in total. The molecular weight excluding hydrogens is 787 g/mol. The predicted molar refractivity (Wildman–Crippen MR) is 147 cm³/mol. The summed E-state index contributed by atoms with van der Waals surface area (Å²) >= 11 is 11.0. The summed E-state index contributed by atoms with van der Waals surface area (Å²) < 4.78 is 103. The Bertz CT molecular complexity index is 1630. The molecule has 0 saturated heterocycles. The first kappa shape index (κ1) is 38.8. The van der Waals surface area contributed by atoms with Crippen LogP contribution in [-0.2, 0) is 26.4 Å². The van der Waals surface area contributed by atoms with Gasteiger partial charge in [0.25, 0.3) is 11.1 Å². The Hall–Kier alpha value is -3.22. The number of aryl methyl sites for hydroxylation is 2. The number of rotatable bonds is 3. The van der Waals surface area contributed by atoms with Gasteiger partial charge < -0.3 is 23.5 Å². The van der Waals surface area contributed by atoms with Gasteiger partial charge in [-0.05, 0) is 79.9 Å². The third-order valence-corrected chi connectivity index (χ3v) is 6.34. The smallest absolute Gasteiger partial charge is 0.435 e. The van der Waals surface area contributed by atoms with Crippen LogP contribution in [0.4, 0.5) is 46.5 Å². The van der Waals surface area contributed by atoms with Gasteiger partial charge in [0, 0.05) is 41.1 Å². The highest BCUT2D eigenvalue weighted by atomic mass is 79.9. The van der Waals surface area contributed by atoms with Gasteiger partial charge in [-0.1, -0.05) is 0 Å². The molecular formula is C24H17Br2Cl2F8N6O2-. The van der Waals surface area contributed by atoms with Gasteiger partial charge in [-0.3, -0.25) is 19.0 Å². The topological polar surface area (TPSA) is 108 Å². The van der Waals surface area contributed by atoms with E-state index in [1.807, 2.05) is 0 Å². The monoisotopic (exact) mass is 801 g/mol. The van der Waals surface area contributed by atoms with Crippen molar-refractivity contribution in [1.29, 1.82) is 0 Å². The summed E-state index contributed by atoms with van der Waals surface area (Å²) in [6.07, 6.45) is -7.50. The lowest BCUT2D eigenvalue weighted by Gasteiger charge is -2.08. The molecule has 44 heavy (non-hydrogen) atoms. The van der Waals surface area contributed by atoms with Crippen LogP contribution in [0.5, 0.6) is 0 Å². The van der Waals surface area contributed by atoms with Crippen molar-refractivity contribution in [1.82, 2.24) is 19.6 Å². The van der Waals surface area contributed by atoms with Gasteiger partial charge in [-0.2, -0.15) is 36.5 Å². The molecule has 0 bridgehead atoms. The average molecular weight is 804 g/mol. The van der Waals surface area contributed by atoms with Crippen LogP contribution >= 0.6 is 43.5 Å². The molecule has 20 heteroatoms. The molecule has 8 nitrogen and oxygen atoms in total. The van der Waals surface area contributed by atoms with Gasteiger partial charge in [-0.15, -0.1) is 0 Å². The van der Waals surface area contributed by atoms with Crippen LogP contribution in [-0.4, -0.2) is 30.7 Å². The standard InChI is InChI=1S/C12H8BrF4N3O.C6H5BrFN.C6H4ClF3N2O.ClH/c1-20-5-7(10(19-20)12(15,16)17)11(21)18-9-3-2-6(14)4-8(9)13;7-5-3-4(8)1-2-6(5)9;1-12-2-3(5(7)13)4(11-12)6(8,9)10;/h2-5H,1H3,(H,18,21);1-3H,9H2;2H,1H3;1H/p-1. The van der Waals surface area contributed by atoms with Crippen LogP contribution in [0.1, 0.15) is 32.1 Å². The van der Waals surface area contributed by atoms with Crippen molar-refractivity contribution in [2.45, 2.75) is 12.4 Å². The molecule has 0 saturated carbocycles. The van der Waals surface area contributed by atoms with Crippen molar-refractivity contribution in [3.05, 3.63) is 91.9 Å². The van der Waals surface area contributed by atoms with E-state index in [4.69, 9.17) is 17.3 Å². The van der Waals surface area contributed by atoms with Crippen LogP contribution in [0.2, 0.25) is 0 Å². The summed E-state index contributed by atoms with van der Waals surface area (Å²) in [6.45, 7) is 0. The number of carbonyl (C=O) groups is 2. The maximum atomic E-state index is 12.9. The molecule has 0 aliphatic carbocycles. The Balaban J connectivity index is 0.000000359. The van der Waals surface area contributed by atoms with E-state index in [9.17, 15) is 44.7 Å². The fourth-order valence-corrected chi connectivity index (χ4v) is 3.93. The van der Waals surface area contributed by atoms with Gasteiger partial charge >= 0.3 is 12.4 Å². The number of nitrogens with zero attached hydrogens (tertiary/aromatic N) is 4. The van der Waals surface area contributed by atoms with E-state index in [0.717, 1.165) is 33.9 Å². The van der Waals surface area contributed by atoms with Gasteiger partial charge in [0.05, 0.1) is 16.8 Å². The molecule has 1 amide bonds. The molecule has 240 valence electrons. The minimum Gasteiger partial charge on any atom is -1.00 e. The first-order valence-corrected chi connectivity index (χ1v) is 13.1. The van der Waals surface area contributed by atoms with Gasteiger partial charge in [-0.25, -0.2) is 8.78 Å². The van der Waals surface area contributed by atoms with E-state index in [2.05, 4.69) is 47.4 Å². The highest BCUT2D eigenvalue weighted by Gasteiger charge is 2.39. The van der Waals surface area contributed by atoms with E-state index in [0.29, 0.717) is 10.2 Å². The number of aromatic nitrogens is 4. The minimum absolute atomic E-state index is 0. The highest BCUT2D eigenvalue weighted by molar-refractivity contribution is 9.11. The van der Waals surface area contributed by atoms with E-state index in [-0.39, 0.29) is 28.4 Å². The second-order valence-electron chi connectivity index (χ2n) is 8.14. The number of anilines is 2. The van der Waals surface area contributed by atoms with Crippen molar-refractivity contribution in [3.63, 3.8) is 0 Å². The van der Waals surface area contributed by atoms with Crippen LogP contribution < -0.4 is 23.5 Å². The summed E-state index contributed by atoms with van der Waals surface area (Å²) in [5.41, 5.74) is 2.31. The quantitative estimate of drug-likeness (QED) is 0.179. The van der Waals surface area contributed by atoms with Crippen LogP contribution in [0.3, 0.4) is 0 Å². The maximum absolute atomic E-state index is 12.9. The average Bonchev–Trinajstić information content (AvgIpc) is 3.47. The maximum Gasteiger partial charge on any atom is 0.435 e. The highest BCUT2D eigenvalue weighted by Crippen LogP contribution is 2.32. The number of carbonyl (C=O) groups excluding carboxylic acids is 2. The number of amides is 1. The zero-order valence-electron chi connectivity index (χ0n) is 21.8. The van der Waals surface area contributed by atoms with Crippen LogP contribution in [0.15, 0.2) is 57.7 Å². The number of nitrogen functional groups attached to an aromatic ring is 1. The summed E-state index contributed by atoms with van der Waals surface area (Å²) in [5, 5.41) is 7.44. The van der Waals surface area contributed by atoms with Crippen LogP contribution in [0, 0.1) is 11.6 Å². The molecule has 0 fully saturated rings. The summed E-state index contributed by atoms with van der Waals surface area (Å²) in [5.74, 6) is -1.81. The molecule has 0 spiro atoms. The number of halogens is 12. The van der Waals surface area contributed by atoms with Crippen molar-refractivity contribution >= 4 is 66.0 Å². The third kappa shape index (κ3) is 11.0. The van der Waals surface area contributed by atoms with Gasteiger partial charge in [0.2, 0.25) is 0 Å². The fraction of sp³-hybridized carbons (Fsp3) is 0.167. The molecule has 2 aromatic carbocycles. The summed E-state index contributed by atoms with van der Waals surface area (Å²) in [7, 11) is 2.55. The first-order valence-electron chi connectivity index (χ1n) is 11.1. The fourth-order valence-electron chi connectivity index (χ4n) is 2.99. The second-order valence-corrected chi connectivity index (χ2v) is 10.2. The van der Waals surface area contributed by atoms with Crippen molar-refractivity contribution in [3.8, 4) is 0 Å². The van der Waals surface area contributed by atoms with E-state index in [1.54, 1.807) is 0 Å². The van der Waals surface area contributed by atoms with Crippen molar-refractivity contribution < 1.29 is 57.1 Å². The normalized spacial score (nSPS) is 10.9. The predicted octanol–water partition coefficient (Wildman–Crippen LogP) is 4.59. The number of nitrogens with two attached hydrogens (primary N) is 1. The van der Waals surface area contributed by atoms with Crippen molar-refractivity contribution in [2.24, 2.45) is 14.1 Å². The summed E-state index contributed by atoms with van der Waals surface area (Å²) in [6, 6.07) is 7.56. The second kappa shape index (κ2) is 15.7. The molecule has 4 rings (SSSR count).